The summed E-state index contributed by atoms with van der Waals surface area (Å²) >= 11 is 0. The van der Waals surface area contributed by atoms with Crippen molar-refractivity contribution in [2.45, 2.75) is 58.4 Å². The number of hydrogen-bond donors (Lipinski definition) is 2. The van der Waals surface area contributed by atoms with E-state index < -0.39 is 0 Å². The molecule has 1 aliphatic rings. The molecular weight excluding hydrogens is 174 g/mol. The first-order valence-electron chi connectivity index (χ1n) is 6.10. The van der Waals surface area contributed by atoms with E-state index in [1.807, 2.05) is 0 Å². The van der Waals surface area contributed by atoms with E-state index in [0.717, 1.165) is 13.0 Å². The summed E-state index contributed by atoms with van der Waals surface area (Å²) in [5, 5.41) is 12.6. The van der Waals surface area contributed by atoms with Gasteiger partial charge in [-0.2, -0.15) is 0 Å². The quantitative estimate of drug-likeness (QED) is 0.629. The minimum Gasteiger partial charge on any atom is -0.396 e. The molecule has 0 aromatic carbocycles. The standard InChI is InChI=1S/C12H25NO/c1-3-5-11(4-2)13-10-12(6-7-12)8-9-14/h11,13-14H,3-10H2,1-2H3. The van der Waals surface area contributed by atoms with Crippen molar-refractivity contribution in [2.75, 3.05) is 13.2 Å². The Hall–Kier alpha value is -0.0800. The van der Waals surface area contributed by atoms with Crippen LogP contribution in [0.5, 0.6) is 0 Å². The highest BCUT2D eigenvalue weighted by atomic mass is 16.3. The Labute approximate surface area is 88.1 Å². The predicted octanol–water partition coefficient (Wildman–Crippen LogP) is 2.32. The predicted molar refractivity (Wildman–Crippen MR) is 60.4 cm³/mol. The van der Waals surface area contributed by atoms with E-state index in [-0.39, 0.29) is 0 Å². The number of aliphatic hydroxyl groups excluding tert-OH is 1. The molecule has 1 aliphatic carbocycles. The van der Waals surface area contributed by atoms with Gasteiger partial charge in [0.15, 0.2) is 0 Å². The average molecular weight is 199 g/mol. The van der Waals surface area contributed by atoms with Gasteiger partial charge in [0.25, 0.3) is 0 Å². The van der Waals surface area contributed by atoms with Crippen LogP contribution < -0.4 is 5.32 Å². The second-order valence-corrected chi connectivity index (χ2v) is 4.75. The fourth-order valence-corrected chi connectivity index (χ4v) is 2.09. The first-order valence-corrected chi connectivity index (χ1v) is 6.10. The van der Waals surface area contributed by atoms with Crippen molar-refractivity contribution < 1.29 is 5.11 Å². The van der Waals surface area contributed by atoms with Crippen LogP contribution in [0.2, 0.25) is 0 Å². The van der Waals surface area contributed by atoms with Crippen LogP contribution in [0.25, 0.3) is 0 Å². The molecular formula is C12H25NO. The van der Waals surface area contributed by atoms with Gasteiger partial charge < -0.3 is 10.4 Å². The first kappa shape index (κ1) is 12.0. The highest BCUT2D eigenvalue weighted by Crippen LogP contribution is 2.48. The highest BCUT2D eigenvalue weighted by Gasteiger charge is 2.41. The van der Waals surface area contributed by atoms with Gasteiger partial charge in [0.1, 0.15) is 0 Å². The second-order valence-electron chi connectivity index (χ2n) is 4.75. The topological polar surface area (TPSA) is 32.3 Å². The molecule has 0 saturated heterocycles. The Balaban J connectivity index is 2.17. The molecule has 1 rings (SSSR count). The normalized spacial score (nSPS) is 20.8. The molecule has 0 aromatic heterocycles. The van der Waals surface area contributed by atoms with Gasteiger partial charge in [0.05, 0.1) is 0 Å². The summed E-state index contributed by atoms with van der Waals surface area (Å²) in [6.45, 7) is 5.96. The lowest BCUT2D eigenvalue weighted by atomic mass is 10.0. The maximum absolute atomic E-state index is 8.94. The van der Waals surface area contributed by atoms with E-state index in [1.54, 1.807) is 0 Å². The molecule has 2 nitrogen and oxygen atoms in total. The summed E-state index contributed by atoms with van der Waals surface area (Å²) < 4.78 is 0. The van der Waals surface area contributed by atoms with Gasteiger partial charge >= 0.3 is 0 Å². The molecule has 0 amide bonds. The fourth-order valence-electron chi connectivity index (χ4n) is 2.09. The third-order valence-corrected chi connectivity index (χ3v) is 3.49. The van der Waals surface area contributed by atoms with E-state index in [4.69, 9.17) is 5.11 Å². The molecule has 14 heavy (non-hydrogen) atoms. The van der Waals surface area contributed by atoms with Crippen molar-refractivity contribution >= 4 is 0 Å². The van der Waals surface area contributed by atoms with E-state index in [0.29, 0.717) is 18.1 Å². The summed E-state index contributed by atoms with van der Waals surface area (Å²) in [5.74, 6) is 0. The molecule has 0 spiro atoms. The van der Waals surface area contributed by atoms with Crippen LogP contribution in [0.15, 0.2) is 0 Å². The smallest absolute Gasteiger partial charge is 0.0436 e. The van der Waals surface area contributed by atoms with Crippen LogP contribution in [0.3, 0.4) is 0 Å². The van der Waals surface area contributed by atoms with Crippen molar-refractivity contribution in [3.05, 3.63) is 0 Å². The molecule has 1 unspecified atom stereocenters. The van der Waals surface area contributed by atoms with Gasteiger partial charge in [0, 0.05) is 19.2 Å². The second kappa shape index (κ2) is 5.72. The Morgan fingerprint density at radius 3 is 2.50 bits per heavy atom. The molecule has 1 fully saturated rings. The number of hydrogen-bond acceptors (Lipinski definition) is 2. The maximum atomic E-state index is 8.94. The Bertz CT molecular complexity index is 154. The zero-order valence-electron chi connectivity index (χ0n) is 9.68. The minimum atomic E-state index is 0.353. The van der Waals surface area contributed by atoms with Crippen molar-refractivity contribution in [3.63, 3.8) is 0 Å². The zero-order valence-corrected chi connectivity index (χ0v) is 9.68. The van der Waals surface area contributed by atoms with Crippen LogP contribution in [0.4, 0.5) is 0 Å². The summed E-state index contributed by atoms with van der Waals surface area (Å²) in [5.41, 5.74) is 0.468. The lowest BCUT2D eigenvalue weighted by Crippen LogP contribution is -2.34. The van der Waals surface area contributed by atoms with E-state index in [9.17, 15) is 0 Å². The molecule has 0 aliphatic heterocycles. The lowest BCUT2D eigenvalue weighted by Gasteiger charge is -2.21. The molecule has 2 heteroatoms. The van der Waals surface area contributed by atoms with Crippen molar-refractivity contribution in [3.8, 4) is 0 Å². The minimum absolute atomic E-state index is 0.353. The van der Waals surface area contributed by atoms with Gasteiger partial charge in [-0.15, -0.1) is 0 Å². The third-order valence-electron chi connectivity index (χ3n) is 3.49. The van der Waals surface area contributed by atoms with Gasteiger partial charge in [-0.1, -0.05) is 20.3 Å². The Morgan fingerprint density at radius 1 is 1.36 bits per heavy atom. The van der Waals surface area contributed by atoms with Crippen LogP contribution in [0.1, 0.15) is 52.4 Å². The first-order chi connectivity index (χ1) is 6.76. The molecule has 0 radical (unpaired) electrons. The van der Waals surface area contributed by atoms with Crippen LogP contribution in [0, 0.1) is 5.41 Å². The van der Waals surface area contributed by atoms with E-state index >= 15 is 0 Å². The van der Waals surface area contributed by atoms with Crippen LogP contribution in [-0.2, 0) is 0 Å². The molecule has 1 saturated carbocycles. The summed E-state index contributed by atoms with van der Waals surface area (Å²) in [7, 11) is 0. The van der Waals surface area contributed by atoms with Crippen molar-refractivity contribution in [1.82, 2.24) is 5.32 Å². The number of rotatable bonds is 8. The Kier molecular flexibility index (Phi) is 4.90. The van der Waals surface area contributed by atoms with Crippen LogP contribution in [-0.4, -0.2) is 24.3 Å². The molecule has 1 atom stereocenters. The number of aliphatic hydroxyl groups is 1. The molecule has 2 N–H and O–H groups in total. The summed E-state index contributed by atoms with van der Waals surface area (Å²) in [6.07, 6.45) is 7.38. The summed E-state index contributed by atoms with van der Waals surface area (Å²) in [4.78, 5) is 0. The van der Waals surface area contributed by atoms with Crippen molar-refractivity contribution in [2.24, 2.45) is 5.41 Å². The molecule has 0 heterocycles. The van der Waals surface area contributed by atoms with Gasteiger partial charge in [-0.3, -0.25) is 0 Å². The number of nitrogens with one attached hydrogen (secondary N) is 1. The average Bonchev–Trinajstić information content (AvgIpc) is 2.94. The van der Waals surface area contributed by atoms with E-state index in [1.165, 1.54) is 32.1 Å². The lowest BCUT2D eigenvalue weighted by molar-refractivity contribution is 0.240. The molecule has 84 valence electrons. The SMILES string of the molecule is CCCC(CC)NCC1(CCO)CC1. The van der Waals surface area contributed by atoms with Gasteiger partial charge in [-0.05, 0) is 37.5 Å². The van der Waals surface area contributed by atoms with E-state index in [2.05, 4.69) is 19.2 Å². The molecule has 0 bridgehead atoms. The Morgan fingerprint density at radius 2 is 2.07 bits per heavy atom. The fraction of sp³-hybridized carbons (Fsp3) is 1.00. The summed E-state index contributed by atoms with van der Waals surface area (Å²) in [6, 6.07) is 0.691. The van der Waals surface area contributed by atoms with Crippen molar-refractivity contribution in [1.29, 1.82) is 0 Å². The van der Waals surface area contributed by atoms with Crippen LogP contribution >= 0.6 is 0 Å². The van der Waals surface area contributed by atoms with Gasteiger partial charge in [0.2, 0.25) is 0 Å². The maximum Gasteiger partial charge on any atom is 0.0436 e. The highest BCUT2D eigenvalue weighted by molar-refractivity contribution is 4.95. The largest absolute Gasteiger partial charge is 0.396 e. The zero-order chi connectivity index (χ0) is 10.4. The van der Waals surface area contributed by atoms with Gasteiger partial charge in [-0.25, -0.2) is 0 Å². The third kappa shape index (κ3) is 3.58. The monoisotopic (exact) mass is 199 g/mol. The molecule has 0 aromatic rings.